The molecule has 0 atom stereocenters. The molecule has 0 heterocycles. The van der Waals surface area contributed by atoms with Gasteiger partial charge < -0.3 is 9.64 Å². The molecule has 0 aliphatic rings. The van der Waals surface area contributed by atoms with Crippen LogP contribution in [0.2, 0.25) is 0 Å². The molecule has 0 bridgehead atoms. The second-order valence-corrected chi connectivity index (χ2v) is 8.43. The number of aryl methyl sites for hydroxylation is 2. The molecule has 0 aliphatic carbocycles. The Morgan fingerprint density at radius 1 is 1.10 bits per heavy atom. The van der Waals surface area contributed by atoms with Crippen molar-refractivity contribution in [2.24, 2.45) is 0 Å². The van der Waals surface area contributed by atoms with E-state index in [-0.39, 0.29) is 36.1 Å². The smallest absolute Gasteiger partial charge is 0.387 e. The Morgan fingerprint density at radius 3 is 2.34 bits per heavy atom. The predicted octanol–water partition coefficient (Wildman–Crippen LogP) is 3.23. The highest BCUT2D eigenvalue weighted by molar-refractivity contribution is 7.89. The van der Waals surface area contributed by atoms with Gasteiger partial charge in [0.2, 0.25) is 15.9 Å². The van der Waals surface area contributed by atoms with E-state index in [0.29, 0.717) is 0 Å². The Kier molecular flexibility index (Phi) is 7.69. The van der Waals surface area contributed by atoms with Gasteiger partial charge in [-0.2, -0.15) is 8.78 Å². The molecule has 0 fully saturated rings. The number of alkyl halides is 2. The molecule has 2 rings (SSSR count). The largest absolute Gasteiger partial charge is 0.435 e. The van der Waals surface area contributed by atoms with Crippen molar-refractivity contribution in [1.29, 1.82) is 0 Å². The lowest BCUT2D eigenvalue weighted by molar-refractivity contribution is -0.130. The lowest BCUT2D eigenvalue weighted by Gasteiger charge is -2.18. The maximum Gasteiger partial charge on any atom is 0.387 e. The number of rotatable bonds is 9. The van der Waals surface area contributed by atoms with Crippen LogP contribution in [0, 0.1) is 13.8 Å². The van der Waals surface area contributed by atoms with Crippen LogP contribution in [0.4, 0.5) is 8.78 Å². The number of halogens is 2. The van der Waals surface area contributed by atoms with Crippen LogP contribution >= 0.6 is 0 Å². The fourth-order valence-corrected chi connectivity index (χ4v) is 3.70. The van der Waals surface area contributed by atoms with Crippen molar-refractivity contribution in [2.45, 2.75) is 38.3 Å². The van der Waals surface area contributed by atoms with Gasteiger partial charge in [0.05, 0.1) is 4.90 Å². The van der Waals surface area contributed by atoms with E-state index in [9.17, 15) is 22.0 Å². The van der Waals surface area contributed by atoms with Crippen molar-refractivity contribution in [3.8, 4) is 5.75 Å². The number of ether oxygens (including phenoxy) is 1. The van der Waals surface area contributed by atoms with Crippen LogP contribution in [0.3, 0.4) is 0 Å². The van der Waals surface area contributed by atoms with Gasteiger partial charge in [-0.05, 0) is 54.8 Å². The summed E-state index contributed by atoms with van der Waals surface area (Å²) in [6.07, 6.45) is -0.00679. The van der Waals surface area contributed by atoms with E-state index in [1.54, 1.807) is 31.3 Å². The first kappa shape index (κ1) is 22.8. The molecular formula is C20H24F2N2O4S. The molecule has 0 saturated carbocycles. The highest BCUT2D eigenvalue weighted by atomic mass is 32.2. The van der Waals surface area contributed by atoms with Crippen LogP contribution in [0.1, 0.15) is 23.1 Å². The summed E-state index contributed by atoms with van der Waals surface area (Å²) < 4.78 is 55.7. The third-order valence-corrected chi connectivity index (χ3v) is 5.87. The van der Waals surface area contributed by atoms with E-state index in [1.165, 1.54) is 23.1 Å². The van der Waals surface area contributed by atoms with Crippen molar-refractivity contribution < 1.29 is 26.7 Å². The molecule has 1 N–H and O–H groups in total. The number of nitrogens with zero attached hydrogens (tertiary/aromatic N) is 1. The van der Waals surface area contributed by atoms with Gasteiger partial charge in [0, 0.05) is 26.6 Å². The Morgan fingerprint density at radius 2 is 1.76 bits per heavy atom. The summed E-state index contributed by atoms with van der Waals surface area (Å²) in [6.45, 7) is 1.07. The monoisotopic (exact) mass is 426 g/mol. The van der Waals surface area contributed by atoms with E-state index in [1.807, 2.05) is 13.8 Å². The van der Waals surface area contributed by atoms with E-state index < -0.39 is 16.6 Å². The van der Waals surface area contributed by atoms with Gasteiger partial charge >= 0.3 is 6.61 Å². The highest BCUT2D eigenvalue weighted by Crippen LogP contribution is 2.16. The summed E-state index contributed by atoms with van der Waals surface area (Å²) in [5.74, 6) is -0.209. The molecular weight excluding hydrogens is 402 g/mol. The number of benzene rings is 2. The maximum atomic E-state index is 12.3. The van der Waals surface area contributed by atoms with Crippen LogP contribution < -0.4 is 9.46 Å². The first-order valence-electron chi connectivity index (χ1n) is 8.93. The van der Waals surface area contributed by atoms with Crippen molar-refractivity contribution in [1.82, 2.24) is 9.62 Å². The minimum Gasteiger partial charge on any atom is -0.435 e. The molecule has 9 heteroatoms. The Bertz CT molecular complexity index is 947. The van der Waals surface area contributed by atoms with Crippen molar-refractivity contribution in [3.63, 3.8) is 0 Å². The lowest BCUT2D eigenvalue weighted by atomic mass is 10.1. The number of hydrogen-bond acceptors (Lipinski definition) is 4. The van der Waals surface area contributed by atoms with Crippen molar-refractivity contribution >= 4 is 15.9 Å². The molecule has 0 radical (unpaired) electrons. The first-order valence-corrected chi connectivity index (χ1v) is 10.4. The molecule has 158 valence electrons. The molecule has 0 unspecified atom stereocenters. The van der Waals surface area contributed by atoms with Gasteiger partial charge in [0.15, 0.2) is 0 Å². The second-order valence-electron chi connectivity index (χ2n) is 6.67. The standard InChI is InChI=1S/C20H24F2N2O4S/c1-14-4-9-18(12-15(14)2)29(26,27)23-11-10-19(25)24(3)13-16-5-7-17(8-6-16)28-20(21)22/h4-9,12,20,23H,10-11,13H2,1-3H3. The number of carbonyl (C=O) groups excluding carboxylic acids is 1. The third-order valence-electron chi connectivity index (χ3n) is 4.41. The molecule has 0 saturated heterocycles. The van der Waals surface area contributed by atoms with Crippen LogP contribution in [0.25, 0.3) is 0 Å². The number of hydrogen-bond donors (Lipinski definition) is 1. The first-order chi connectivity index (χ1) is 13.6. The topological polar surface area (TPSA) is 75.7 Å². The average Bonchev–Trinajstić information content (AvgIpc) is 2.64. The summed E-state index contributed by atoms with van der Waals surface area (Å²) in [5, 5.41) is 0. The van der Waals surface area contributed by atoms with Gasteiger partial charge in [-0.15, -0.1) is 0 Å². The van der Waals surface area contributed by atoms with Crippen molar-refractivity contribution in [2.75, 3.05) is 13.6 Å². The van der Waals surface area contributed by atoms with Crippen molar-refractivity contribution in [3.05, 3.63) is 59.2 Å². The molecule has 0 aromatic heterocycles. The van der Waals surface area contributed by atoms with Gasteiger partial charge in [-0.1, -0.05) is 18.2 Å². The van der Waals surface area contributed by atoms with E-state index in [0.717, 1.165) is 16.7 Å². The predicted molar refractivity (Wildman–Crippen MR) is 105 cm³/mol. The molecule has 1 amide bonds. The molecule has 2 aromatic carbocycles. The Balaban J connectivity index is 1.85. The summed E-state index contributed by atoms with van der Waals surface area (Å²) in [7, 11) is -2.10. The quantitative estimate of drug-likeness (QED) is 0.668. The fourth-order valence-electron chi connectivity index (χ4n) is 2.59. The van der Waals surface area contributed by atoms with Crippen LogP contribution in [0.15, 0.2) is 47.4 Å². The maximum absolute atomic E-state index is 12.3. The lowest BCUT2D eigenvalue weighted by Crippen LogP contribution is -2.32. The number of carbonyl (C=O) groups is 1. The third kappa shape index (κ3) is 6.79. The zero-order valence-corrected chi connectivity index (χ0v) is 17.3. The van der Waals surface area contributed by atoms with E-state index in [2.05, 4.69) is 9.46 Å². The number of amides is 1. The van der Waals surface area contributed by atoms with Gasteiger partial charge in [0.1, 0.15) is 5.75 Å². The number of nitrogens with one attached hydrogen (secondary N) is 1. The van der Waals surface area contributed by atoms with Crippen LogP contribution in [-0.2, 0) is 21.4 Å². The summed E-state index contributed by atoms with van der Waals surface area (Å²) in [5.41, 5.74) is 2.60. The minimum absolute atomic E-state index is 0.00679. The Labute approximate surface area is 169 Å². The summed E-state index contributed by atoms with van der Waals surface area (Å²) >= 11 is 0. The van der Waals surface area contributed by atoms with Gasteiger partial charge in [0.25, 0.3) is 0 Å². The SMILES string of the molecule is Cc1ccc(S(=O)(=O)NCCC(=O)N(C)Cc2ccc(OC(F)F)cc2)cc1C. The normalized spacial score (nSPS) is 11.5. The molecule has 6 nitrogen and oxygen atoms in total. The van der Waals surface area contributed by atoms with Crippen LogP contribution in [-0.4, -0.2) is 39.4 Å². The zero-order valence-electron chi connectivity index (χ0n) is 16.5. The minimum atomic E-state index is -3.69. The highest BCUT2D eigenvalue weighted by Gasteiger charge is 2.16. The van der Waals surface area contributed by atoms with Gasteiger partial charge in [-0.25, -0.2) is 13.1 Å². The molecule has 2 aromatic rings. The molecule has 29 heavy (non-hydrogen) atoms. The second kappa shape index (κ2) is 9.80. The van der Waals surface area contributed by atoms with Gasteiger partial charge in [-0.3, -0.25) is 4.79 Å². The van der Waals surface area contributed by atoms with E-state index >= 15 is 0 Å². The molecule has 0 spiro atoms. The average molecular weight is 426 g/mol. The summed E-state index contributed by atoms with van der Waals surface area (Å²) in [6, 6.07) is 10.8. The number of sulfonamides is 1. The zero-order chi connectivity index (χ0) is 21.6. The molecule has 0 aliphatic heterocycles. The summed E-state index contributed by atoms with van der Waals surface area (Å²) in [4.78, 5) is 13.8. The Hall–Kier alpha value is -2.52. The fraction of sp³-hybridized carbons (Fsp3) is 0.350. The van der Waals surface area contributed by atoms with E-state index in [4.69, 9.17) is 0 Å². The van der Waals surface area contributed by atoms with Crippen LogP contribution in [0.5, 0.6) is 5.75 Å².